The standard InChI is InChI=1S/C14H25F2N3O/c1-4-11-8-13(19(3)18-11)9-12(17-5-2)6-7-20-10-14(15)16/h8,12,14,17H,4-7,9-10H2,1-3H3. The van der Waals surface area contributed by atoms with Crippen molar-refractivity contribution in [1.82, 2.24) is 15.1 Å². The monoisotopic (exact) mass is 289 g/mol. The summed E-state index contributed by atoms with van der Waals surface area (Å²) in [7, 11) is 1.94. The summed E-state index contributed by atoms with van der Waals surface area (Å²) in [6.45, 7) is 4.82. The Hall–Kier alpha value is -1.01. The second-order valence-corrected chi connectivity index (χ2v) is 4.82. The highest BCUT2D eigenvalue weighted by molar-refractivity contribution is 5.11. The van der Waals surface area contributed by atoms with Crippen LogP contribution in [0.5, 0.6) is 0 Å². The first-order chi connectivity index (χ1) is 9.56. The molecule has 0 fully saturated rings. The number of alkyl halides is 2. The van der Waals surface area contributed by atoms with Crippen molar-refractivity contribution in [3.8, 4) is 0 Å². The number of ether oxygens (including phenoxy) is 1. The smallest absolute Gasteiger partial charge is 0.261 e. The van der Waals surface area contributed by atoms with Crippen molar-refractivity contribution in [3.63, 3.8) is 0 Å². The zero-order valence-corrected chi connectivity index (χ0v) is 12.5. The third-order valence-corrected chi connectivity index (χ3v) is 3.19. The fourth-order valence-electron chi connectivity index (χ4n) is 2.15. The van der Waals surface area contributed by atoms with Crippen molar-refractivity contribution in [2.75, 3.05) is 19.8 Å². The van der Waals surface area contributed by atoms with Crippen LogP contribution in [0.4, 0.5) is 8.78 Å². The first-order valence-electron chi connectivity index (χ1n) is 7.17. The third kappa shape index (κ3) is 5.96. The van der Waals surface area contributed by atoms with Gasteiger partial charge in [0.15, 0.2) is 0 Å². The second-order valence-electron chi connectivity index (χ2n) is 4.82. The molecule has 0 aliphatic rings. The number of hydrogen-bond acceptors (Lipinski definition) is 3. The second kappa shape index (κ2) is 9.02. The average Bonchev–Trinajstić information content (AvgIpc) is 2.75. The van der Waals surface area contributed by atoms with Crippen LogP contribution >= 0.6 is 0 Å². The van der Waals surface area contributed by atoms with Crippen LogP contribution in [0, 0.1) is 0 Å². The lowest BCUT2D eigenvalue weighted by molar-refractivity contribution is 0.0144. The lowest BCUT2D eigenvalue weighted by Gasteiger charge is -2.17. The Labute approximate surface area is 119 Å². The summed E-state index contributed by atoms with van der Waals surface area (Å²) >= 11 is 0. The molecule has 1 N–H and O–H groups in total. The molecule has 1 atom stereocenters. The first kappa shape index (κ1) is 17.0. The SMILES string of the molecule is CCNC(CCOCC(F)F)Cc1cc(CC)nn1C. The highest BCUT2D eigenvalue weighted by atomic mass is 19.3. The van der Waals surface area contributed by atoms with E-state index in [0.29, 0.717) is 13.0 Å². The zero-order valence-electron chi connectivity index (χ0n) is 12.5. The number of likely N-dealkylation sites (N-methyl/N-ethyl adjacent to an activating group) is 1. The summed E-state index contributed by atoms with van der Waals surface area (Å²) in [4.78, 5) is 0. The topological polar surface area (TPSA) is 39.1 Å². The van der Waals surface area contributed by atoms with Crippen molar-refractivity contribution in [1.29, 1.82) is 0 Å². The van der Waals surface area contributed by atoms with Gasteiger partial charge in [0.1, 0.15) is 6.61 Å². The Morgan fingerprint density at radius 2 is 2.15 bits per heavy atom. The molecule has 1 aromatic rings. The van der Waals surface area contributed by atoms with E-state index in [0.717, 1.165) is 30.8 Å². The van der Waals surface area contributed by atoms with E-state index in [2.05, 4.69) is 23.4 Å². The maximum atomic E-state index is 12.0. The molecular weight excluding hydrogens is 264 g/mol. The molecule has 20 heavy (non-hydrogen) atoms. The van der Waals surface area contributed by atoms with Crippen LogP contribution in [0.2, 0.25) is 0 Å². The molecule has 0 aliphatic carbocycles. The van der Waals surface area contributed by atoms with E-state index in [4.69, 9.17) is 4.74 Å². The molecule has 116 valence electrons. The summed E-state index contributed by atoms with van der Waals surface area (Å²) in [6, 6.07) is 2.32. The van der Waals surface area contributed by atoms with Crippen molar-refractivity contribution in [3.05, 3.63) is 17.5 Å². The molecule has 0 saturated heterocycles. The van der Waals surface area contributed by atoms with E-state index < -0.39 is 13.0 Å². The van der Waals surface area contributed by atoms with E-state index in [1.54, 1.807) is 0 Å². The zero-order chi connectivity index (χ0) is 15.0. The van der Waals surface area contributed by atoms with E-state index in [1.165, 1.54) is 0 Å². The fourth-order valence-corrected chi connectivity index (χ4v) is 2.15. The summed E-state index contributed by atoms with van der Waals surface area (Å²) in [5.41, 5.74) is 2.23. The van der Waals surface area contributed by atoms with Crippen molar-refractivity contribution < 1.29 is 13.5 Å². The number of halogens is 2. The summed E-state index contributed by atoms with van der Waals surface area (Å²) in [5.74, 6) is 0. The van der Waals surface area contributed by atoms with Crippen LogP contribution < -0.4 is 5.32 Å². The van der Waals surface area contributed by atoms with Gasteiger partial charge in [0.05, 0.1) is 5.69 Å². The van der Waals surface area contributed by atoms with E-state index in [-0.39, 0.29) is 6.04 Å². The molecular formula is C14H25F2N3O. The minimum absolute atomic E-state index is 0.220. The van der Waals surface area contributed by atoms with Crippen LogP contribution in [0.15, 0.2) is 6.07 Å². The predicted octanol–water partition coefficient (Wildman–Crippen LogP) is 2.17. The number of aryl methyl sites for hydroxylation is 2. The number of nitrogens with one attached hydrogen (secondary N) is 1. The molecule has 1 heterocycles. The third-order valence-electron chi connectivity index (χ3n) is 3.19. The highest BCUT2D eigenvalue weighted by Crippen LogP contribution is 2.09. The average molecular weight is 289 g/mol. The van der Waals surface area contributed by atoms with Gasteiger partial charge in [0, 0.05) is 31.8 Å². The van der Waals surface area contributed by atoms with Crippen LogP contribution in [-0.2, 0) is 24.6 Å². The van der Waals surface area contributed by atoms with Crippen LogP contribution in [0.3, 0.4) is 0 Å². The summed E-state index contributed by atoms with van der Waals surface area (Å²) in [5, 5.41) is 7.79. The quantitative estimate of drug-likeness (QED) is 0.671. The lowest BCUT2D eigenvalue weighted by Crippen LogP contribution is -2.33. The Bertz CT molecular complexity index is 382. The van der Waals surface area contributed by atoms with E-state index >= 15 is 0 Å². The van der Waals surface area contributed by atoms with Gasteiger partial charge < -0.3 is 10.1 Å². The van der Waals surface area contributed by atoms with Crippen LogP contribution in [0.25, 0.3) is 0 Å². The van der Waals surface area contributed by atoms with Gasteiger partial charge in [0.2, 0.25) is 0 Å². The van der Waals surface area contributed by atoms with Gasteiger partial charge in [-0.05, 0) is 25.5 Å². The summed E-state index contributed by atoms with van der Waals surface area (Å²) in [6.07, 6.45) is 0.0662. The van der Waals surface area contributed by atoms with Crippen molar-refractivity contribution in [2.45, 2.75) is 45.6 Å². The molecule has 1 aromatic heterocycles. The van der Waals surface area contributed by atoms with Gasteiger partial charge >= 0.3 is 0 Å². The van der Waals surface area contributed by atoms with Gasteiger partial charge in [-0.2, -0.15) is 5.10 Å². The molecule has 0 bridgehead atoms. The normalized spacial score (nSPS) is 13.1. The lowest BCUT2D eigenvalue weighted by atomic mass is 10.1. The first-order valence-corrected chi connectivity index (χ1v) is 7.17. The fraction of sp³-hybridized carbons (Fsp3) is 0.786. The van der Waals surface area contributed by atoms with E-state index in [1.807, 2.05) is 18.7 Å². The van der Waals surface area contributed by atoms with Crippen LogP contribution in [0.1, 0.15) is 31.7 Å². The van der Waals surface area contributed by atoms with Gasteiger partial charge in [-0.1, -0.05) is 13.8 Å². The van der Waals surface area contributed by atoms with Crippen molar-refractivity contribution in [2.24, 2.45) is 7.05 Å². The number of rotatable bonds is 10. The van der Waals surface area contributed by atoms with Crippen molar-refractivity contribution >= 4 is 0 Å². The molecule has 0 amide bonds. The maximum absolute atomic E-state index is 12.0. The molecule has 0 aromatic carbocycles. The van der Waals surface area contributed by atoms with E-state index in [9.17, 15) is 8.78 Å². The number of nitrogens with zero attached hydrogens (tertiary/aromatic N) is 2. The molecule has 0 radical (unpaired) electrons. The molecule has 6 heteroatoms. The molecule has 0 saturated carbocycles. The van der Waals surface area contributed by atoms with Gasteiger partial charge in [-0.15, -0.1) is 0 Å². The molecule has 4 nitrogen and oxygen atoms in total. The predicted molar refractivity (Wildman–Crippen MR) is 75.2 cm³/mol. The molecule has 0 spiro atoms. The Kier molecular flexibility index (Phi) is 7.69. The van der Waals surface area contributed by atoms with Crippen LogP contribution in [-0.4, -0.2) is 42.0 Å². The van der Waals surface area contributed by atoms with Gasteiger partial charge in [0.25, 0.3) is 6.43 Å². The number of aromatic nitrogens is 2. The Balaban J connectivity index is 2.46. The van der Waals surface area contributed by atoms with Gasteiger partial charge in [-0.3, -0.25) is 4.68 Å². The highest BCUT2D eigenvalue weighted by Gasteiger charge is 2.13. The summed E-state index contributed by atoms with van der Waals surface area (Å²) < 4.78 is 30.8. The van der Waals surface area contributed by atoms with Gasteiger partial charge in [-0.25, -0.2) is 8.78 Å². The largest absolute Gasteiger partial charge is 0.375 e. The Morgan fingerprint density at radius 1 is 1.40 bits per heavy atom. The molecule has 1 rings (SSSR count). The maximum Gasteiger partial charge on any atom is 0.261 e. The molecule has 0 aliphatic heterocycles. The Morgan fingerprint density at radius 3 is 2.70 bits per heavy atom. The minimum atomic E-state index is -2.39. The minimum Gasteiger partial charge on any atom is -0.375 e. The molecule has 1 unspecified atom stereocenters. The number of hydrogen-bond donors (Lipinski definition) is 1.